The number of nitrogens with zero attached hydrogens (tertiary/aromatic N) is 3. The third kappa shape index (κ3) is 2.33. The Morgan fingerprint density at radius 1 is 1.36 bits per heavy atom. The summed E-state index contributed by atoms with van der Waals surface area (Å²) < 4.78 is 1.91. The van der Waals surface area contributed by atoms with E-state index in [1.807, 2.05) is 10.9 Å². The van der Waals surface area contributed by atoms with Gasteiger partial charge in [0.2, 0.25) is 0 Å². The van der Waals surface area contributed by atoms with Crippen LogP contribution in [0.1, 0.15) is 32.4 Å². The maximum Gasteiger partial charge on any atom is 0.0827 e. The van der Waals surface area contributed by atoms with Gasteiger partial charge in [-0.05, 0) is 12.8 Å². The fraction of sp³-hybridized carbons (Fsp3) is 0.750. The van der Waals surface area contributed by atoms with E-state index in [0.29, 0.717) is 0 Å². The van der Waals surface area contributed by atoms with E-state index in [0.717, 1.165) is 31.5 Å². The summed E-state index contributed by atoms with van der Waals surface area (Å²) in [5.41, 5.74) is 1.11. The van der Waals surface area contributed by atoms with Crippen molar-refractivity contribution in [1.29, 1.82) is 0 Å². The minimum Gasteiger partial charge on any atom is -0.252 e. The molecule has 0 unspecified atom stereocenters. The Morgan fingerprint density at radius 3 is 2.82 bits per heavy atom. The molecule has 3 nitrogen and oxygen atoms in total. The van der Waals surface area contributed by atoms with Gasteiger partial charge >= 0.3 is 0 Å². The number of hydrogen-bond donors (Lipinski definition) is 0. The third-order valence-corrected chi connectivity index (χ3v) is 1.54. The van der Waals surface area contributed by atoms with Crippen LogP contribution in [-0.2, 0) is 13.0 Å². The van der Waals surface area contributed by atoms with Crippen molar-refractivity contribution in [3.05, 3.63) is 11.9 Å². The summed E-state index contributed by atoms with van der Waals surface area (Å²) in [7, 11) is 0. The van der Waals surface area contributed by atoms with Gasteiger partial charge in [-0.1, -0.05) is 25.5 Å². The van der Waals surface area contributed by atoms with Crippen molar-refractivity contribution in [2.24, 2.45) is 0 Å². The van der Waals surface area contributed by atoms with E-state index in [9.17, 15) is 0 Å². The predicted molar refractivity (Wildman–Crippen MR) is 44.3 cm³/mol. The zero-order chi connectivity index (χ0) is 8.10. The van der Waals surface area contributed by atoms with Gasteiger partial charge in [0.25, 0.3) is 0 Å². The van der Waals surface area contributed by atoms with Crippen LogP contribution < -0.4 is 0 Å². The van der Waals surface area contributed by atoms with Gasteiger partial charge in [0.1, 0.15) is 0 Å². The normalized spacial score (nSPS) is 10.4. The van der Waals surface area contributed by atoms with Crippen molar-refractivity contribution < 1.29 is 0 Å². The molecule has 3 heteroatoms. The van der Waals surface area contributed by atoms with Crippen molar-refractivity contribution in [2.45, 2.75) is 39.7 Å². The first-order chi connectivity index (χ1) is 5.36. The van der Waals surface area contributed by atoms with Crippen molar-refractivity contribution >= 4 is 0 Å². The van der Waals surface area contributed by atoms with Gasteiger partial charge in [-0.15, -0.1) is 5.10 Å². The standard InChI is InChI=1S/C8H15N3/c1-3-5-8-7-11(6-4-2)10-9-8/h7H,3-6H2,1-2H3. The summed E-state index contributed by atoms with van der Waals surface area (Å²) in [5, 5.41) is 8.03. The van der Waals surface area contributed by atoms with E-state index in [1.54, 1.807) is 0 Å². The average Bonchev–Trinajstić information content (AvgIpc) is 2.38. The van der Waals surface area contributed by atoms with Crippen LogP contribution in [0.4, 0.5) is 0 Å². The lowest BCUT2D eigenvalue weighted by atomic mass is 10.3. The molecule has 1 aromatic rings. The average molecular weight is 153 g/mol. The first-order valence-corrected chi connectivity index (χ1v) is 4.25. The molecule has 0 spiro atoms. The topological polar surface area (TPSA) is 30.7 Å². The summed E-state index contributed by atoms with van der Waals surface area (Å²) in [6, 6.07) is 0. The first-order valence-electron chi connectivity index (χ1n) is 4.25. The van der Waals surface area contributed by atoms with Crippen LogP contribution in [0.15, 0.2) is 6.20 Å². The first kappa shape index (κ1) is 8.24. The smallest absolute Gasteiger partial charge is 0.0827 e. The molecule has 0 aliphatic heterocycles. The van der Waals surface area contributed by atoms with E-state index in [4.69, 9.17) is 0 Å². The molecular formula is C8H15N3. The molecule has 0 aromatic carbocycles. The van der Waals surface area contributed by atoms with Gasteiger partial charge in [-0.25, -0.2) is 0 Å². The van der Waals surface area contributed by atoms with E-state index in [1.165, 1.54) is 0 Å². The highest BCUT2D eigenvalue weighted by Gasteiger charge is 1.96. The third-order valence-electron chi connectivity index (χ3n) is 1.54. The number of hydrogen-bond acceptors (Lipinski definition) is 2. The zero-order valence-electron chi connectivity index (χ0n) is 7.25. The summed E-state index contributed by atoms with van der Waals surface area (Å²) in [5.74, 6) is 0. The Bertz CT molecular complexity index is 184. The molecule has 11 heavy (non-hydrogen) atoms. The van der Waals surface area contributed by atoms with E-state index < -0.39 is 0 Å². The van der Waals surface area contributed by atoms with Crippen molar-refractivity contribution in [2.75, 3.05) is 0 Å². The molecule has 0 atom stereocenters. The number of aryl methyl sites for hydroxylation is 2. The molecule has 1 aromatic heterocycles. The second-order valence-electron chi connectivity index (χ2n) is 2.72. The van der Waals surface area contributed by atoms with E-state index in [-0.39, 0.29) is 0 Å². The monoisotopic (exact) mass is 153 g/mol. The molecule has 0 aliphatic carbocycles. The molecule has 0 bridgehead atoms. The molecule has 1 heterocycles. The predicted octanol–water partition coefficient (Wildman–Crippen LogP) is 1.64. The Morgan fingerprint density at radius 2 is 2.18 bits per heavy atom. The molecule has 62 valence electrons. The molecule has 0 amide bonds. The highest BCUT2D eigenvalue weighted by Crippen LogP contribution is 1.97. The minimum atomic E-state index is 0.983. The van der Waals surface area contributed by atoms with Crippen molar-refractivity contribution in [3.63, 3.8) is 0 Å². The molecular weight excluding hydrogens is 138 g/mol. The van der Waals surface area contributed by atoms with Crippen LogP contribution in [0.25, 0.3) is 0 Å². The fourth-order valence-corrected chi connectivity index (χ4v) is 1.05. The Kier molecular flexibility index (Phi) is 3.08. The molecule has 0 N–H and O–H groups in total. The van der Waals surface area contributed by atoms with Crippen LogP contribution in [-0.4, -0.2) is 15.0 Å². The van der Waals surface area contributed by atoms with Crippen LogP contribution in [0, 0.1) is 0 Å². The highest BCUT2D eigenvalue weighted by atomic mass is 15.4. The molecule has 0 fully saturated rings. The molecule has 0 saturated carbocycles. The summed E-state index contributed by atoms with van der Waals surface area (Å²) in [6.07, 6.45) is 5.34. The Labute approximate surface area is 67.4 Å². The quantitative estimate of drug-likeness (QED) is 0.658. The lowest BCUT2D eigenvalue weighted by molar-refractivity contribution is 0.579. The lowest BCUT2D eigenvalue weighted by Crippen LogP contribution is -1.96. The largest absolute Gasteiger partial charge is 0.252 e. The molecule has 1 rings (SSSR count). The second kappa shape index (κ2) is 4.11. The van der Waals surface area contributed by atoms with Crippen molar-refractivity contribution in [3.8, 4) is 0 Å². The lowest BCUT2D eigenvalue weighted by Gasteiger charge is -1.92. The summed E-state index contributed by atoms with van der Waals surface area (Å²) >= 11 is 0. The van der Waals surface area contributed by atoms with Gasteiger partial charge in [0.15, 0.2) is 0 Å². The maximum absolute atomic E-state index is 4.04. The van der Waals surface area contributed by atoms with Gasteiger partial charge < -0.3 is 0 Å². The van der Waals surface area contributed by atoms with Crippen molar-refractivity contribution in [1.82, 2.24) is 15.0 Å². The molecule has 0 radical (unpaired) electrons. The second-order valence-corrected chi connectivity index (χ2v) is 2.72. The Balaban J connectivity index is 2.51. The summed E-state index contributed by atoms with van der Waals surface area (Å²) in [6.45, 7) is 5.27. The molecule has 0 aliphatic rings. The highest BCUT2D eigenvalue weighted by molar-refractivity contribution is 4.91. The molecule has 0 saturated heterocycles. The van der Waals surface area contributed by atoms with Crippen LogP contribution in [0.2, 0.25) is 0 Å². The van der Waals surface area contributed by atoms with E-state index in [2.05, 4.69) is 24.2 Å². The van der Waals surface area contributed by atoms with Gasteiger partial charge in [-0.3, -0.25) is 4.68 Å². The fourth-order valence-electron chi connectivity index (χ4n) is 1.05. The minimum absolute atomic E-state index is 0.983. The van der Waals surface area contributed by atoms with Gasteiger partial charge in [0.05, 0.1) is 5.69 Å². The Hall–Kier alpha value is -0.860. The maximum atomic E-state index is 4.04. The van der Waals surface area contributed by atoms with Gasteiger partial charge in [-0.2, -0.15) is 0 Å². The number of aromatic nitrogens is 3. The van der Waals surface area contributed by atoms with E-state index >= 15 is 0 Å². The van der Waals surface area contributed by atoms with Crippen LogP contribution in [0.5, 0.6) is 0 Å². The number of rotatable bonds is 4. The summed E-state index contributed by atoms with van der Waals surface area (Å²) in [4.78, 5) is 0. The van der Waals surface area contributed by atoms with Crippen LogP contribution in [0.3, 0.4) is 0 Å². The SMILES string of the molecule is CCCc1cn(CCC)nn1. The van der Waals surface area contributed by atoms with Gasteiger partial charge in [0, 0.05) is 12.7 Å². The zero-order valence-corrected chi connectivity index (χ0v) is 7.25. The van der Waals surface area contributed by atoms with Crippen LogP contribution >= 0.6 is 0 Å².